The summed E-state index contributed by atoms with van der Waals surface area (Å²) in [5.74, 6) is -9.62. The number of carbonyl (C=O) groups is 6. The van der Waals surface area contributed by atoms with Gasteiger partial charge in [0, 0.05) is 47.7 Å². The Bertz CT molecular complexity index is 2300. The largest absolute Gasteiger partial charge is 0.510 e. The first-order chi connectivity index (χ1) is 27.1. The second-order valence-corrected chi connectivity index (χ2v) is 16.0. The molecule has 308 valence electrons. The zero-order valence-electron chi connectivity index (χ0n) is 33.0. The minimum atomic E-state index is -2.82. The number of primary amides is 1. The van der Waals surface area contributed by atoms with Crippen LogP contribution in [0.1, 0.15) is 53.6 Å². The number of H-pyrrole nitrogens is 1. The molecule has 6 rings (SSSR count). The van der Waals surface area contributed by atoms with Crippen molar-refractivity contribution in [3.63, 3.8) is 0 Å². The van der Waals surface area contributed by atoms with Crippen LogP contribution in [0.4, 0.5) is 16.2 Å². The third-order valence-corrected chi connectivity index (χ3v) is 10.9. The summed E-state index contributed by atoms with van der Waals surface area (Å²) in [5, 5.41) is 49.6. The van der Waals surface area contributed by atoms with Crippen LogP contribution >= 0.6 is 0 Å². The maximum absolute atomic E-state index is 14.4. The van der Waals surface area contributed by atoms with E-state index in [0.717, 1.165) is 10.3 Å². The first-order valence-electron chi connectivity index (χ1n) is 18.3. The molecule has 0 unspecified atom stereocenters. The lowest BCUT2D eigenvalue weighted by Gasteiger charge is -2.50. The van der Waals surface area contributed by atoms with Crippen molar-refractivity contribution in [1.29, 1.82) is 0 Å². The van der Waals surface area contributed by atoms with Gasteiger partial charge in [-0.2, -0.15) is 0 Å². The normalized spacial score (nSPS) is 21.6. The number of esters is 1. The van der Waals surface area contributed by atoms with Crippen LogP contribution in [0, 0.1) is 11.8 Å². The fraction of sp³-hybridized carbons (Fsp3) is 0.400. The Morgan fingerprint density at radius 2 is 1.69 bits per heavy atom. The number of Topliss-reactive ketones (excluding diaryl/α,β-unsaturated/α-hetero) is 2. The van der Waals surface area contributed by atoms with Crippen LogP contribution in [0.15, 0.2) is 59.1 Å². The third-order valence-electron chi connectivity index (χ3n) is 10.9. The van der Waals surface area contributed by atoms with Crippen LogP contribution in [-0.2, 0) is 30.3 Å². The highest BCUT2D eigenvalue weighted by atomic mass is 16.7. The number of hydrogen-bond acceptors (Lipinski definition) is 14. The number of amides is 3. The van der Waals surface area contributed by atoms with Crippen molar-refractivity contribution >= 4 is 57.7 Å². The fourth-order valence-electron chi connectivity index (χ4n) is 8.17. The van der Waals surface area contributed by atoms with Crippen LogP contribution in [0.25, 0.3) is 10.9 Å². The van der Waals surface area contributed by atoms with Crippen LogP contribution in [0.2, 0.25) is 0 Å². The Morgan fingerprint density at radius 3 is 2.29 bits per heavy atom. The molecule has 1 heterocycles. The summed E-state index contributed by atoms with van der Waals surface area (Å²) in [6, 6.07) is 9.08. The summed E-state index contributed by atoms with van der Waals surface area (Å²) in [7, 11) is 6.42. The van der Waals surface area contributed by atoms with E-state index in [9.17, 15) is 49.2 Å². The van der Waals surface area contributed by atoms with Gasteiger partial charge in [0.15, 0.2) is 17.1 Å². The molecule has 58 heavy (non-hydrogen) atoms. The van der Waals surface area contributed by atoms with Crippen molar-refractivity contribution in [3.8, 4) is 5.75 Å². The summed E-state index contributed by atoms with van der Waals surface area (Å²) < 4.78 is 10.3. The number of anilines is 2. The van der Waals surface area contributed by atoms with Gasteiger partial charge >= 0.3 is 12.1 Å². The second kappa shape index (κ2) is 14.8. The molecular weight excluding hydrogens is 756 g/mol. The molecule has 0 spiro atoms. The number of likely N-dealkylation sites (N-methyl/N-ethyl adjacent to an activating group) is 1. The van der Waals surface area contributed by atoms with Crippen LogP contribution < -0.4 is 16.0 Å². The quantitative estimate of drug-likeness (QED) is 0.0710. The third kappa shape index (κ3) is 6.87. The number of aliphatic hydroxyl groups excluding tert-OH is 2. The summed E-state index contributed by atoms with van der Waals surface area (Å²) in [4.78, 5) is 86.9. The van der Waals surface area contributed by atoms with E-state index in [1.54, 1.807) is 78.1 Å². The van der Waals surface area contributed by atoms with Crippen molar-refractivity contribution in [2.45, 2.75) is 50.8 Å². The number of aliphatic hydroxyl groups is 3. The van der Waals surface area contributed by atoms with E-state index in [1.165, 1.54) is 11.0 Å². The number of nitrogens with one attached hydrogen (secondary N) is 2. The molecule has 0 fully saturated rings. The maximum Gasteiger partial charge on any atom is 0.413 e. The Morgan fingerprint density at radius 1 is 1.02 bits per heavy atom. The van der Waals surface area contributed by atoms with Crippen molar-refractivity contribution in [2.75, 3.05) is 51.7 Å². The highest BCUT2D eigenvalue weighted by Crippen LogP contribution is 2.54. The molecule has 0 radical (unpaired) electrons. The summed E-state index contributed by atoms with van der Waals surface area (Å²) in [6.07, 6.45) is -1.07. The number of aromatic amines is 1. The molecule has 4 atom stereocenters. The van der Waals surface area contributed by atoms with Gasteiger partial charge < -0.3 is 50.8 Å². The minimum Gasteiger partial charge on any atom is -0.510 e. The number of ether oxygens (including phenoxy) is 2. The highest BCUT2D eigenvalue weighted by Gasteiger charge is 2.63. The minimum absolute atomic E-state index is 0.0261. The van der Waals surface area contributed by atoms with Crippen molar-refractivity contribution < 1.29 is 58.7 Å². The average molecular weight is 803 g/mol. The number of rotatable bonds is 9. The number of phenolic OH excluding ortho intramolecular Hbond substituents is 1. The first kappa shape index (κ1) is 41.2. The highest BCUT2D eigenvalue weighted by molar-refractivity contribution is 6.25. The number of aromatic hydroxyl groups is 1. The van der Waals surface area contributed by atoms with Crippen molar-refractivity contribution in [2.24, 2.45) is 17.6 Å². The molecule has 3 aliphatic carbocycles. The number of aromatic nitrogens is 1. The lowest BCUT2D eigenvalue weighted by molar-refractivity contribution is -0.148. The number of benzene rings is 2. The summed E-state index contributed by atoms with van der Waals surface area (Å²) >= 11 is 0. The van der Waals surface area contributed by atoms with Crippen molar-refractivity contribution in [1.82, 2.24) is 14.8 Å². The maximum atomic E-state index is 14.4. The first-order valence-corrected chi connectivity index (χ1v) is 18.3. The summed E-state index contributed by atoms with van der Waals surface area (Å²) in [6.45, 7) is 3.54. The lowest BCUT2D eigenvalue weighted by Crippen LogP contribution is -2.63. The molecule has 0 aliphatic heterocycles. The number of carbonyl (C=O) groups excluding carboxylic acids is 6. The number of hydrogen-bond donors (Lipinski definition) is 7. The smallest absolute Gasteiger partial charge is 0.413 e. The Hall–Kier alpha value is -6.40. The van der Waals surface area contributed by atoms with E-state index in [1.807, 2.05) is 6.07 Å². The van der Waals surface area contributed by atoms with Crippen LogP contribution in [0.5, 0.6) is 5.75 Å². The predicted octanol–water partition coefficient (Wildman–Crippen LogP) is 2.66. The van der Waals surface area contributed by atoms with Gasteiger partial charge in [0.2, 0.25) is 18.5 Å². The number of ketones is 2. The second-order valence-electron chi connectivity index (χ2n) is 16.0. The molecule has 3 aromatic rings. The van der Waals surface area contributed by atoms with Gasteiger partial charge in [-0.15, -0.1) is 0 Å². The lowest BCUT2D eigenvalue weighted by atomic mass is 9.58. The van der Waals surface area contributed by atoms with E-state index < -0.39 is 101 Å². The van der Waals surface area contributed by atoms with Gasteiger partial charge in [0.1, 0.15) is 29.3 Å². The van der Waals surface area contributed by atoms with Gasteiger partial charge in [-0.1, -0.05) is 18.2 Å². The van der Waals surface area contributed by atoms with Crippen molar-refractivity contribution in [3.05, 3.63) is 75.9 Å². The standard InChI is InChI=1S/C40H46N6O12/c1-39(2,3)46(38(55)58-17-57-37(54)24-14-18-10-8-9-11-22(18)42-24)16-26(47)43-23-15-25(44(4)5)20-12-19-13-21-30(45(6)7)33(50)29(36(41)53)35(52)40(21,56)34(51)27(19)32(49)28(20)31(23)48/h8-11,14-15,19,21,30,42,48,50-51,56H,12-13,16-17H2,1-7H3,(H2,41,53)(H,43,47)/t19-,21-,30-,40-/m0/s1. The Kier molecular flexibility index (Phi) is 10.5. The topological polar surface area (TPSA) is 265 Å². The molecule has 0 bridgehead atoms. The number of nitrogens with two attached hydrogens (primary N) is 1. The zero-order chi connectivity index (χ0) is 42.8. The monoisotopic (exact) mass is 802 g/mol. The Balaban J connectivity index is 1.26. The number of fused-ring (bicyclic) bond motifs is 4. The number of para-hydroxylation sites is 1. The zero-order valence-corrected chi connectivity index (χ0v) is 33.0. The van der Waals surface area contributed by atoms with E-state index in [2.05, 4.69) is 10.3 Å². The molecule has 3 amide bonds. The van der Waals surface area contributed by atoms with Crippen LogP contribution in [-0.4, -0.2) is 129 Å². The predicted molar refractivity (Wildman–Crippen MR) is 208 cm³/mol. The van der Waals surface area contributed by atoms with E-state index in [4.69, 9.17) is 15.2 Å². The molecule has 18 heteroatoms. The molecule has 3 aliphatic rings. The number of allylic oxidation sites excluding steroid dienone is 1. The van der Waals surface area contributed by atoms with Gasteiger partial charge in [-0.25, -0.2) is 9.59 Å². The Labute approximate surface area is 332 Å². The average Bonchev–Trinajstić information content (AvgIpc) is 3.57. The molecule has 1 aromatic heterocycles. The fourth-order valence-corrected chi connectivity index (χ4v) is 8.17. The van der Waals surface area contributed by atoms with Crippen LogP contribution in [0.3, 0.4) is 0 Å². The number of nitrogens with zero attached hydrogens (tertiary/aromatic N) is 3. The number of phenols is 1. The molecule has 8 N–H and O–H groups in total. The van der Waals surface area contributed by atoms with Gasteiger partial charge in [-0.3, -0.25) is 29.0 Å². The molecule has 0 saturated carbocycles. The molecule has 2 aromatic carbocycles. The molecule has 0 saturated heterocycles. The molecular formula is C40H46N6O12. The van der Waals surface area contributed by atoms with E-state index >= 15 is 0 Å². The molecule has 18 nitrogen and oxygen atoms in total. The SMILES string of the molecule is CN(C)c1cc(NC(=O)CN(C(=O)OCOC(=O)c2cc3ccccc3[nH]2)C(C)(C)C)c(O)c2c1C[C@H]1C[C@H]3[C@H](N(C)C)C(O)=C(C(N)=O)C(=O)[C@@]3(O)C(O)=C1C2=O. The van der Waals surface area contributed by atoms with Gasteiger partial charge in [0.05, 0.1) is 17.3 Å². The van der Waals surface area contributed by atoms with Gasteiger partial charge in [-0.05, 0) is 77.4 Å². The summed E-state index contributed by atoms with van der Waals surface area (Å²) in [5.41, 5.74) is 1.38. The van der Waals surface area contributed by atoms with Gasteiger partial charge in [0.25, 0.3) is 5.91 Å². The van der Waals surface area contributed by atoms with E-state index in [-0.39, 0.29) is 35.4 Å². The van der Waals surface area contributed by atoms with E-state index in [0.29, 0.717) is 16.8 Å².